The number of alkyl halides is 2. The van der Waals surface area contributed by atoms with Gasteiger partial charge in [0.25, 0.3) is 0 Å². The van der Waals surface area contributed by atoms with E-state index in [0.717, 1.165) is 11.8 Å². The quantitative estimate of drug-likeness (QED) is 0.566. The van der Waals surface area contributed by atoms with Crippen molar-refractivity contribution in [1.82, 2.24) is 0 Å². The molecule has 2 aromatic rings. The van der Waals surface area contributed by atoms with Gasteiger partial charge in [-0.2, -0.15) is 0 Å². The standard InChI is InChI=1S/C16H11Cl3N2O2S/c1-24(22,23)12-6-7-13(15-9-20-16(18,19)21-15)14(8-12)10-2-4-11(17)5-3-10/h2-9H,1H3. The Morgan fingerprint density at radius 3 is 2.21 bits per heavy atom. The van der Waals surface area contributed by atoms with Crippen LogP contribution >= 0.6 is 34.8 Å². The summed E-state index contributed by atoms with van der Waals surface area (Å²) >= 11 is 17.7. The third kappa shape index (κ3) is 3.64. The van der Waals surface area contributed by atoms with Crippen molar-refractivity contribution in [3.63, 3.8) is 0 Å². The van der Waals surface area contributed by atoms with Crippen LogP contribution in [0.4, 0.5) is 0 Å². The van der Waals surface area contributed by atoms with Crippen molar-refractivity contribution in [3.05, 3.63) is 53.1 Å². The van der Waals surface area contributed by atoms with Crippen LogP contribution in [0.2, 0.25) is 5.02 Å². The minimum atomic E-state index is -3.36. The minimum Gasteiger partial charge on any atom is -0.232 e. The highest BCUT2D eigenvalue weighted by Crippen LogP contribution is 2.33. The van der Waals surface area contributed by atoms with Gasteiger partial charge >= 0.3 is 4.58 Å². The molecule has 0 aliphatic carbocycles. The molecular weight excluding hydrogens is 391 g/mol. The molecule has 0 N–H and O–H groups in total. The first kappa shape index (κ1) is 17.4. The van der Waals surface area contributed by atoms with E-state index in [1.165, 1.54) is 12.3 Å². The number of rotatable bonds is 3. The summed E-state index contributed by atoms with van der Waals surface area (Å²) in [6.07, 6.45) is 2.62. The number of benzene rings is 2. The van der Waals surface area contributed by atoms with Gasteiger partial charge < -0.3 is 0 Å². The number of hydrogen-bond donors (Lipinski definition) is 0. The molecule has 0 amide bonds. The molecule has 0 radical (unpaired) electrons. The fourth-order valence-electron chi connectivity index (χ4n) is 2.32. The van der Waals surface area contributed by atoms with E-state index in [4.69, 9.17) is 34.8 Å². The Kier molecular flexibility index (Phi) is 4.47. The van der Waals surface area contributed by atoms with E-state index in [1.807, 2.05) is 0 Å². The summed E-state index contributed by atoms with van der Waals surface area (Å²) in [5.41, 5.74) is 2.62. The van der Waals surface area contributed by atoms with Crippen molar-refractivity contribution in [3.8, 4) is 11.1 Å². The first-order chi connectivity index (χ1) is 11.2. The summed E-state index contributed by atoms with van der Waals surface area (Å²) in [7, 11) is -3.36. The lowest BCUT2D eigenvalue weighted by Gasteiger charge is -2.11. The molecule has 24 heavy (non-hydrogen) atoms. The molecule has 0 aromatic heterocycles. The van der Waals surface area contributed by atoms with Gasteiger partial charge in [0.05, 0.1) is 16.8 Å². The van der Waals surface area contributed by atoms with E-state index in [9.17, 15) is 8.42 Å². The second-order valence-corrected chi connectivity index (χ2v) is 8.95. The number of sulfone groups is 1. The smallest absolute Gasteiger partial charge is 0.232 e. The third-order valence-electron chi connectivity index (χ3n) is 3.45. The van der Waals surface area contributed by atoms with Gasteiger partial charge in [-0.25, -0.2) is 18.4 Å². The van der Waals surface area contributed by atoms with Crippen LogP contribution in [-0.2, 0) is 9.84 Å². The van der Waals surface area contributed by atoms with E-state index in [2.05, 4.69) is 9.98 Å². The Labute approximate surface area is 154 Å². The van der Waals surface area contributed by atoms with E-state index < -0.39 is 14.4 Å². The molecule has 2 aromatic carbocycles. The molecule has 8 heteroatoms. The summed E-state index contributed by atoms with van der Waals surface area (Å²) in [6, 6.07) is 11.8. The van der Waals surface area contributed by atoms with Crippen LogP contribution in [0.5, 0.6) is 0 Å². The highest BCUT2D eigenvalue weighted by atomic mass is 35.5. The van der Waals surface area contributed by atoms with Crippen molar-refractivity contribution in [2.45, 2.75) is 9.48 Å². The lowest BCUT2D eigenvalue weighted by atomic mass is 9.97. The zero-order chi connectivity index (χ0) is 17.5. The Hall–Kier alpha value is -1.40. The lowest BCUT2D eigenvalue weighted by Crippen LogP contribution is -2.06. The normalized spacial score (nSPS) is 16.2. The summed E-state index contributed by atoms with van der Waals surface area (Å²) in [4.78, 5) is 8.25. The molecule has 0 atom stereocenters. The maximum Gasteiger partial charge on any atom is 0.306 e. The molecule has 3 rings (SSSR count). The monoisotopic (exact) mass is 400 g/mol. The Morgan fingerprint density at radius 2 is 1.67 bits per heavy atom. The fourth-order valence-corrected chi connectivity index (χ4v) is 3.37. The number of nitrogens with zero attached hydrogens (tertiary/aromatic N) is 2. The highest BCUT2D eigenvalue weighted by molar-refractivity contribution is 7.90. The van der Waals surface area contributed by atoms with Crippen LogP contribution in [0.3, 0.4) is 0 Å². The number of halogens is 3. The molecule has 1 aliphatic rings. The fraction of sp³-hybridized carbons (Fsp3) is 0.125. The number of aliphatic imine (C=N–C) groups is 2. The molecule has 4 nitrogen and oxygen atoms in total. The van der Waals surface area contributed by atoms with E-state index in [-0.39, 0.29) is 4.90 Å². The van der Waals surface area contributed by atoms with Gasteiger partial charge in [-0.1, -0.05) is 53.0 Å². The zero-order valence-corrected chi connectivity index (χ0v) is 15.5. The van der Waals surface area contributed by atoms with Crippen LogP contribution < -0.4 is 0 Å². The van der Waals surface area contributed by atoms with Crippen molar-refractivity contribution in [2.24, 2.45) is 9.98 Å². The third-order valence-corrected chi connectivity index (χ3v) is 5.17. The molecule has 1 heterocycles. The topological polar surface area (TPSA) is 58.9 Å². The predicted molar refractivity (Wildman–Crippen MR) is 99.5 cm³/mol. The first-order valence-electron chi connectivity index (χ1n) is 6.79. The van der Waals surface area contributed by atoms with Gasteiger partial charge in [-0.05, 0) is 35.4 Å². The zero-order valence-electron chi connectivity index (χ0n) is 12.4. The first-order valence-corrected chi connectivity index (χ1v) is 9.82. The van der Waals surface area contributed by atoms with Gasteiger partial charge in [0, 0.05) is 16.8 Å². The van der Waals surface area contributed by atoms with Gasteiger partial charge in [0.15, 0.2) is 9.84 Å². The SMILES string of the molecule is CS(=O)(=O)c1ccc(C2=NC(Cl)(Cl)N=C2)c(-c2ccc(Cl)cc2)c1. The molecule has 1 aliphatic heterocycles. The molecule has 0 saturated carbocycles. The molecular formula is C16H11Cl3N2O2S. The molecule has 0 saturated heterocycles. The Morgan fingerprint density at radius 1 is 1.00 bits per heavy atom. The molecule has 0 bridgehead atoms. The summed E-state index contributed by atoms with van der Waals surface area (Å²) < 4.78 is 22.2. The summed E-state index contributed by atoms with van der Waals surface area (Å²) in [5.74, 6) is 0. The van der Waals surface area contributed by atoms with Crippen molar-refractivity contribution in [2.75, 3.05) is 6.26 Å². The highest BCUT2D eigenvalue weighted by Gasteiger charge is 2.27. The van der Waals surface area contributed by atoms with Gasteiger partial charge in [0.2, 0.25) is 0 Å². The maximum absolute atomic E-state index is 11.9. The molecule has 0 unspecified atom stereocenters. The average Bonchev–Trinajstić information content (AvgIpc) is 2.86. The van der Waals surface area contributed by atoms with Gasteiger partial charge in [-0.3, -0.25) is 0 Å². The van der Waals surface area contributed by atoms with Gasteiger partial charge in [-0.15, -0.1) is 0 Å². The molecule has 0 fully saturated rings. The molecule has 124 valence electrons. The maximum atomic E-state index is 11.9. The van der Waals surface area contributed by atoms with Crippen LogP contribution in [0.15, 0.2) is 57.3 Å². The van der Waals surface area contributed by atoms with Crippen LogP contribution in [0.25, 0.3) is 11.1 Å². The van der Waals surface area contributed by atoms with Gasteiger partial charge in [0.1, 0.15) is 0 Å². The second kappa shape index (κ2) is 6.15. The van der Waals surface area contributed by atoms with Crippen LogP contribution in [0, 0.1) is 0 Å². The minimum absolute atomic E-state index is 0.203. The van der Waals surface area contributed by atoms with Crippen molar-refractivity contribution < 1.29 is 8.42 Å². The summed E-state index contributed by atoms with van der Waals surface area (Å²) in [6.45, 7) is 0. The van der Waals surface area contributed by atoms with E-state index in [1.54, 1.807) is 36.4 Å². The summed E-state index contributed by atoms with van der Waals surface area (Å²) in [5, 5.41) is 0.583. The Balaban J connectivity index is 2.23. The largest absolute Gasteiger partial charge is 0.306 e. The van der Waals surface area contributed by atoms with E-state index >= 15 is 0 Å². The Bertz CT molecular complexity index is 965. The van der Waals surface area contributed by atoms with Crippen LogP contribution in [0.1, 0.15) is 5.56 Å². The number of hydrogen-bond acceptors (Lipinski definition) is 4. The van der Waals surface area contributed by atoms with Crippen LogP contribution in [-0.4, -0.2) is 31.2 Å². The van der Waals surface area contributed by atoms with E-state index in [0.29, 0.717) is 21.9 Å². The second-order valence-electron chi connectivity index (χ2n) is 5.25. The molecule has 0 spiro atoms. The van der Waals surface area contributed by atoms with Crippen molar-refractivity contribution in [1.29, 1.82) is 0 Å². The lowest BCUT2D eigenvalue weighted by molar-refractivity contribution is 0.602. The predicted octanol–water partition coefficient (Wildman–Crippen LogP) is 4.37. The van der Waals surface area contributed by atoms with Crippen molar-refractivity contribution >= 4 is 56.6 Å². The average molecular weight is 402 g/mol.